The average molecular weight is 345 g/mol. The smallest absolute Gasteiger partial charge is 0.276 e. The van der Waals surface area contributed by atoms with Crippen LogP contribution in [0.25, 0.3) is 11.4 Å². The minimum Gasteiger partial charge on any atom is -0.415 e. The third-order valence-electron chi connectivity index (χ3n) is 3.01. The van der Waals surface area contributed by atoms with Gasteiger partial charge in [0.25, 0.3) is 5.22 Å². The zero-order chi connectivity index (χ0) is 16.1. The number of nitrogens with zero attached hydrogens (tertiary/aromatic N) is 5. The maximum atomic E-state index is 5.49. The number of rotatable bonds is 7. The van der Waals surface area contributed by atoms with Crippen LogP contribution in [0.4, 0.5) is 0 Å². The van der Waals surface area contributed by atoms with Crippen LogP contribution in [0.1, 0.15) is 5.89 Å². The van der Waals surface area contributed by atoms with E-state index in [-0.39, 0.29) is 0 Å². The van der Waals surface area contributed by atoms with Crippen molar-refractivity contribution in [2.45, 2.75) is 22.7 Å². The molecule has 8 heteroatoms. The predicted octanol–water partition coefficient (Wildman–Crippen LogP) is 3.53. The van der Waals surface area contributed by atoms with Gasteiger partial charge < -0.3 is 4.42 Å². The minimum absolute atomic E-state index is 0.553. The van der Waals surface area contributed by atoms with Gasteiger partial charge in [0.2, 0.25) is 5.89 Å². The van der Waals surface area contributed by atoms with Crippen molar-refractivity contribution in [2.75, 3.05) is 6.26 Å². The van der Waals surface area contributed by atoms with Crippen molar-refractivity contribution >= 4 is 23.5 Å². The lowest BCUT2D eigenvalue weighted by atomic mass is 10.2. The second-order valence-corrected chi connectivity index (χ2v) is 6.23. The van der Waals surface area contributed by atoms with E-state index in [2.05, 4.69) is 27.0 Å². The van der Waals surface area contributed by atoms with Gasteiger partial charge in [-0.3, -0.25) is 4.57 Å². The molecule has 0 saturated heterocycles. The van der Waals surface area contributed by atoms with Gasteiger partial charge in [0, 0.05) is 12.1 Å². The molecule has 23 heavy (non-hydrogen) atoms. The Morgan fingerprint density at radius 2 is 2.00 bits per heavy atom. The summed E-state index contributed by atoms with van der Waals surface area (Å²) in [6.07, 6.45) is 3.73. The molecule has 1 aromatic carbocycles. The summed E-state index contributed by atoms with van der Waals surface area (Å²) in [6, 6.07) is 9.98. The van der Waals surface area contributed by atoms with Crippen LogP contribution in [0.2, 0.25) is 0 Å². The van der Waals surface area contributed by atoms with E-state index in [1.54, 1.807) is 0 Å². The van der Waals surface area contributed by atoms with Crippen molar-refractivity contribution in [1.82, 2.24) is 25.0 Å². The van der Waals surface area contributed by atoms with Crippen LogP contribution in [0.15, 0.2) is 57.8 Å². The number of benzene rings is 1. The van der Waals surface area contributed by atoms with E-state index in [4.69, 9.17) is 4.42 Å². The van der Waals surface area contributed by atoms with Crippen molar-refractivity contribution < 1.29 is 4.42 Å². The molecule has 6 nitrogen and oxygen atoms in total. The van der Waals surface area contributed by atoms with Gasteiger partial charge >= 0.3 is 0 Å². The lowest BCUT2D eigenvalue weighted by Gasteiger charge is -2.06. The van der Waals surface area contributed by atoms with E-state index in [9.17, 15) is 0 Å². The van der Waals surface area contributed by atoms with E-state index >= 15 is 0 Å². The SMILES string of the molecule is C=CCn1c(SCc2nnc(SC)o2)nnc1-c1ccccc1. The summed E-state index contributed by atoms with van der Waals surface area (Å²) in [5, 5.41) is 17.9. The monoisotopic (exact) mass is 345 g/mol. The van der Waals surface area contributed by atoms with Crippen molar-refractivity contribution in [3.8, 4) is 11.4 Å². The average Bonchev–Trinajstić information content (AvgIpc) is 3.21. The summed E-state index contributed by atoms with van der Waals surface area (Å²) in [7, 11) is 0. The first-order chi connectivity index (χ1) is 11.3. The Labute approximate surface area is 142 Å². The topological polar surface area (TPSA) is 69.6 Å². The summed E-state index contributed by atoms with van der Waals surface area (Å²) in [5.41, 5.74) is 1.02. The molecule has 0 atom stereocenters. The maximum absolute atomic E-state index is 5.49. The van der Waals surface area contributed by atoms with E-state index in [0.29, 0.717) is 23.4 Å². The fourth-order valence-electron chi connectivity index (χ4n) is 2.00. The van der Waals surface area contributed by atoms with E-state index in [0.717, 1.165) is 16.5 Å². The Kier molecular flexibility index (Phi) is 5.14. The summed E-state index contributed by atoms with van der Waals surface area (Å²) in [5.74, 6) is 1.95. The molecule has 0 aliphatic heterocycles. The van der Waals surface area contributed by atoms with Gasteiger partial charge in [-0.05, 0) is 6.26 Å². The highest BCUT2D eigenvalue weighted by Crippen LogP contribution is 2.26. The van der Waals surface area contributed by atoms with Gasteiger partial charge in [0.05, 0.1) is 5.75 Å². The van der Waals surface area contributed by atoms with Crippen molar-refractivity contribution in [1.29, 1.82) is 0 Å². The lowest BCUT2D eigenvalue weighted by molar-refractivity contribution is 0.427. The van der Waals surface area contributed by atoms with Gasteiger partial charge in [-0.2, -0.15) is 0 Å². The number of aromatic nitrogens is 5. The van der Waals surface area contributed by atoms with Gasteiger partial charge in [-0.15, -0.1) is 27.0 Å². The standard InChI is InChI=1S/C15H15N5OS2/c1-3-9-20-13(11-7-5-4-6-8-11)17-18-14(20)23-10-12-16-19-15(21-12)22-2/h3-8H,1,9-10H2,2H3. The first-order valence-electron chi connectivity index (χ1n) is 6.90. The van der Waals surface area contributed by atoms with Crippen molar-refractivity contribution in [3.05, 3.63) is 48.9 Å². The normalized spacial score (nSPS) is 10.8. The number of allylic oxidation sites excluding steroid dienone is 1. The second kappa shape index (κ2) is 7.47. The molecule has 0 amide bonds. The molecule has 2 heterocycles. The maximum Gasteiger partial charge on any atom is 0.276 e. The number of hydrogen-bond acceptors (Lipinski definition) is 7. The molecular weight excluding hydrogens is 330 g/mol. The molecule has 118 valence electrons. The highest BCUT2D eigenvalue weighted by Gasteiger charge is 2.15. The van der Waals surface area contributed by atoms with E-state index in [1.165, 1.54) is 23.5 Å². The molecule has 2 aromatic heterocycles. The molecule has 0 aliphatic carbocycles. The van der Waals surface area contributed by atoms with E-state index in [1.807, 2.05) is 47.2 Å². The van der Waals surface area contributed by atoms with Crippen LogP contribution in [-0.4, -0.2) is 31.2 Å². The van der Waals surface area contributed by atoms with Crippen LogP contribution in [0.3, 0.4) is 0 Å². The van der Waals surface area contributed by atoms with E-state index < -0.39 is 0 Å². The fourth-order valence-corrected chi connectivity index (χ4v) is 3.08. The highest BCUT2D eigenvalue weighted by atomic mass is 32.2. The third-order valence-corrected chi connectivity index (χ3v) is 4.47. The molecule has 0 spiro atoms. The molecule has 0 unspecified atom stereocenters. The zero-order valence-corrected chi connectivity index (χ0v) is 14.2. The first-order valence-corrected chi connectivity index (χ1v) is 9.11. The Balaban J connectivity index is 1.81. The quantitative estimate of drug-likeness (QED) is 0.479. The molecule has 0 aliphatic rings. The highest BCUT2D eigenvalue weighted by molar-refractivity contribution is 7.98. The zero-order valence-electron chi connectivity index (χ0n) is 12.5. The van der Waals surface area contributed by atoms with Gasteiger partial charge in [0.1, 0.15) is 0 Å². The van der Waals surface area contributed by atoms with Gasteiger partial charge in [-0.25, -0.2) is 0 Å². The summed E-state index contributed by atoms with van der Waals surface area (Å²) in [6.45, 7) is 4.45. The first kappa shape index (κ1) is 15.8. The number of hydrogen-bond donors (Lipinski definition) is 0. The van der Waals surface area contributed by atoms with Crippen molar-refractivity contribution in [3.63, 3.8) is 0 Å². The molecule has 0 N–H and O–H groups in total. The largest absolute Gasteiger partial charge is 0.415 e. The summed E-state index contributed by atoms with van der Waals surface area (Å²) < 4.78 is 7.51. The molecule has 0 bridgehead atoms. The van der Waals surface area contributed by atoms with Crippen LogP contribution in [0.5, 0.6) is 0 Å². The molecule has 3 rings (SSSR count). The van der Waals surface area contributed by atoms with Gasteiger partial charge in [-0.1, -0.05) is 59.9 Å². The van der Waals surface area contributed by atoms with Gasteiger partial charge in [0.15, 0.2) is 11.0 Å². The minimum atomic E-state index is 0.553. The summed E-state index contributed by atoms with van der Waals surface area (Å²) >= 11 is 2.94. The van der Waals surface area contributed by atoms with Crippen LogP contribution >= 0.6 is 23.5 Å². The Morgan fingerprint density at radius 1 is 1.17 bits per heavy atom. The second-order valence-electron chi connectivity index (χ2n) is 4.53. The third kappa shape index (κ3) is 3.65. The Morgan fingerprint density at radius 3 is 2.70 bits per heavy atom. The van der Waals surface area contributed by atoms with Crippen molar-refractivity contribution in [2.24, 2.45) is 0 Å². The Bertz CT molecular complexity index is 784. The molecular formula is C15H15N5OS2. The predicted molar refractivity (Wildman–Crippen MR) is 91.3 cm³/mol. The van der Waals surface area contributed by atoms with Crippen LogP contribution in [0, 0.1) is 0 Å². The van der Waals surface area contributed by atoms with Crippen LogP contribution in [-0.2, 0) is 12.3 Å². The molecule has 3 aromatic rings. The molecule has 0 fully saturated rings. The number of thioether (sulfide) groups is 2. The fraction of sp³-hybridized carbons (Fsp3) is 0.200. The summed E-state index contributed by atoms with van der Waals surface area (Å²) in [4.78, 5) is 0. The lowest BCUT2D eigenvalue weighted by Crippen LogP contribution is -2.00. The van der Waals surface area contributed by atoms with Crippen LogP contribution < -0.4 is 0 Å². The Hall–Kier alpha value is -2.06. The molecule has 0 saturated carbocycles. The molecule has 0 radical (unpaired) electrons.